The van der Waals surface area contributed by atoms with E-state index in [2.05, 4.69) is 53.9 Å². The van der Waals surface area contributed by atoms with Gasteiger partial charge in [0.1, 0.15) is 0 Å². The number of alkyl halides is 1. The minimum atomic E-state index is -3.53. The molecule has 8 heteroatoms. The van der Waals surface area contributed by atoms with Gasteiger partial charge in [-0.25, -0.2) is 13.6 Å². The van der Waals surface area contributed by atoms with E-state index >= 15 is 0 Å². The number of halogens is 3. The largest absolute Gasteiger partial charge is 0.362 e. The molecule has 0 bridgehead atoms. The van der Waals surface area contributed by atoms with Crippen LogP contribution in [0.3, 0.4) is 0 Å². The second kappa shape index (κ2) is 7.71. The molecule has 1 atom stereocenters. The van der Waals surface area contributed by atoms with Crippen LogP contribution in [0.25, 0.3) is 5.57 Å². The third-order valence-corrected chi connectivity index (χ3v) is 9.92. The summed E-state index contributed by atoms with van der Waals surface area (Å²) in [5, 5.41) is 5.18. The summed E-state index contributed by atoms with van der Waals surface area (Å²) in [4.78, 5) is 0. The molecule has 156 valence electrons. The third-order valence-electron chi connectivity index (χ3n) is 6.05. The summed E-state index contributed by atoms with van der Waals surface area (Å²) in [5.41, 5.74) is 6.21. The highest BCUT2D eigenvalue weighted by Crippen LogP contribution is 2.63. The van der Waals surface area contributed by atoms with E-state index in [1.165, 1.54) is 29.6 Å². The average Bonchev–Trinajstić information content (AvgIpc) is 3.29. The molecule has 4 rings (SSSR count). The number of ether oxygens (including phenoxy) is 1. The molecular formula is C21H22Br3NO3S. The summed E-state index contributed by atoms with van der Waals surface area (Å²) in [5.74, 6) is -0.139. The van der Waals surface area contributed by atoms with Gasteiger partial charge in [-0.15, -0.1) is 0 Å². The van der Waals surface area contributed by atoms with Gasteiger partial charge in [0, 0.05) is 22.5 Å². The van der Waals surface area contributed by atoms with E-state index in [0.29, 0.717) is 17.4 Å². The third kappa shape index (κ3) is 4.53. The molecule has 1 aromatic rings. The molecule has 3 aliphatic carbocycles. The van der Waals surface area contributed by atoms with Crippen molar-refractivity contribution in [1.82, 2.24) is 0 Å². The van der Waals surface area contributed by atoms with Crippen LogP contribution in [0.4, 0.5) is 0 Å². The van der Waals surface area contributed by atoms with E-state index < -0.39 is 14.5 Å². The highest BCUT2D eigenvalue weighted by atomic mass is 79.9. The molecule has 1 fully saturated rings. The van der Waals surface area contributed by atoms with Gasteiger partial charge in [-0.3, -0.25) is 0 Å². The molecule has 0 heterocycles. The summed E-state index contributed by atoms with van der Waals surface area (Å²) < 4.78 is 29.9. The van der Waals surface area contributed by atoms with Crippen molar-refractivity contribution >= 4 is 63.4 Å². The fraction of sp³-hybridized carbons (Fsp3) is 0.429. The molecule has 4 nitrogen and oxygen atoms in total. The quantitative estimate of drug-likeness (QED) is 0.426. The minimum Gasteiger partial charge on any atom is -0.362 e. The molecule has 0 saturated heterocycles. The zero-order chi connectivity index (χ0) is 21.0. The Bertz CT molecular complexity index is 1050. The van der Waals surface area contributed by atoms with Gasteiger partial charge in [-0.2, -0.15) is 0 Å². The number of hydrogen-bond donors (Lipinski definition) is 1. The van der Waals surface area contributed by atoms with Crippen LogP contribution in [0.2, 0.25) is 0 Å². The summed E-state index contributed by atoms with van der Waals surface area (Å²) in [6.07, 6.45) is 7.52. The monoisotopic (exact) mass is 605 g/mol. The van der Waals surface area contributed by atoms with Gasteiger partial charge in [0.25, 0.3) is 0 Å². The SMILES string of the molecule is COC1(Br)CC(Br)=C(C2=C(c3ccc(CS(N)(=O)=O)cc3)CC3(CC3)C2)C=C1Br. The first-order chi connectivity index (χ1) is 13.5. The smallest absolute Gasteiger partial charge is 0.213 e. The van der Waals surface area contributed by atoms with Crippen molar-refractivity contribution in [3.05, 3.63) is 61.6 Å². The average molecular weight is 608 g/mol. The van der Waals surface area contributed by atoms with Gasteiger partial charge in [-0.05, 0) is 81.0 Å². The van der Waals surface area contributed by atoms with Crippen LogP contribution >= 0.6 is 47.8 Å². The second-order valence-electron chi connectivity index (χ2n) is 8.23. The van der Waals surface area contributed by atoms with E-state index in [0.717, 1.165) is 27.4 Å². The standard InChI is InChI=1S/C21H22Br3NO3S/c1-28-21(24)11-18(22)15(8-19(21)23)17-10-20(6-7-20)9-16(17)14-4-2-13(3-5-14)12-29(25,26)27/h2-5,8H,6-7,9-12H2,1H3,(H2,25,26,27). The molecule has 2 N–H and O–H groups in total. The first-order valence-corrected chi connectivity index (χ1v) is 13.5. The van der Waals surface area contributed by atoms with Crippen molar-refractivity contribution in [3.63, 3.8) is 0 Å². The van der Waals surface area contributed by atoms with Crippen molar-refractivity contribution in [2.75, 3.05) is 7.11 Å². The topological polar surface area (TPSA) is 69.4 Å². The lowest BCUT2D eigenvalue weighted by Crippen LogP contribution is -2.26. The Morgan fingerprint density at radius 1 is 1.07 bits per heavy atom. The molecule has 0 aliphatic heterocycles. The first kappa shape index (κ1) is 22.0. The number of primary sulfonamides is 1. The number of hydrogen-bond acceptors (Lipinski definition) is 3. The Morgan fingerprint density at radius 2 is 1.69 bits per heavy atom. The van der Waals surface area contributed by atoms with Crippen molar-refractivity contribution in [1.29, 1.82) is 0 Å². The van der Waals surface area contributed by atoms with Crippen molar-refractivity contribution in [2.45, 2.75) is 42.4 Å². The summed E-state index contributed by atoms with van der Waals surface area (Å²) in [6, 6.07) is 7.79. The molecule has 1 unspecified atom stereocenters. The summed E-state index contributed by atoms with van der Waals surface area (Å²) in [6.45, 7) is 0. The van der Waals surface area contributed by atoms with Crippen LogP contribution in [0.1, 0.15) is 43.2 Å². The normalized spacial score (nSPS) is 26.3. The zero-order valence-corrected chi connectivity index (χ0v) is 21.5. The van der Waals surface area contributed by atoms with E-state index in [4.69, 9.17) is 9.88 Å². The Labute approximate surface area is 197 Å². The summed E-state index contributed by atoms with van der Waals surface area (Å²) in [7, 11) is -1.84. The second-order valence-corrected chi connectivity index (χ2v) is 12.9. The van der Waals surface area contributed by atoms with E-state index in [9.17, 15) is 8.42 Å². The lowest BCUT2D eigenvalue weighted by molar-refractivity contribution is 0.116. The van der Waals surface area contributed by atoms with E-state index in [1.807, 2.05) is 24.3 Å². The van der Waals surface area contributed by atoms with Crippen LogP contribution in [-0.2, 0) is 20.5 Å². The Hall–Kier alpha value is -0.250. The summed E-state index contributed by atoms with van der Waals surface area (Å²) >= 11 is 11.2. The number of rotatable bonds is 5. The van der Waals surface area contributed by atoms with Crippen LogP contribution in [0, 0.1) is 5.41 Å². The number of allylic oxidation sites excluding steroid dienone is 4. The van der Waals surface area contributed by atoms with E-state index in [-0.39, 0.29) is 5.75 Å². The highest BCUT2D eigenvalue weighted by molar-refractivity contribution is 9.14. The maximum Gasteiger partial charge on any atom is 0.213 e. The lowest BCUT2D eigenvalue weighted by Gasteiger charge is -2.31. The highest BCUT2D eigenvalue weighted by Gasteiger charge is 2.49. The van der Waals surface area contributed by atoms with E-state index in [1.54, 1.807) is 7.11 Å². The Kier molecular flexibility index (Phi) is 5.84. The van der Waals surface area contributed by atoms with Crippen molar-refractivity contribution in [3.8, 4) is 0 Å². The number of methoxy groups -OCH3 is 1. The Morgan fingerprint density at radius 3 is 2.24 bits per heavy atom. The molecule has 1 aromatic carbocycles. The predicted molar refractivity (Wildman–Crippen MR) is 127 cm³/mol. The fourth-order valence-electron chi connectivity index (χ4n) is 4.24. The molecule has 0 radical (unpaired) electrons. The molecular weight excluding hydrogens is 586 g/mol. The van der Waals surface area contributed by atoms with Gasteiger partial charge in [0.15, 0.2) is 4.51 Å². The number of nitrogens with two attached hydrogens (primary N) is 1. The van der Waals surface area contributed by atoms with Crippen molar-refractivity contribution < 1.29 is 13.2 Å². The lowest BCUT2D eigenvalue weighted by atomic mass is 9.92. The van der Waals surface area contributed by atoms with Crippen LogP contribution in [-0.4, -0.2) is 20.0 Å². The van der Waals surface area contributed by atoms with Crippen LogP contribution in [0.15, 0.2) is 50.5 Å². The zero-order valence-electron chi connectivity index (χ0n) is 16.0. The molecule has 1 spiro atoms. The van der Waals surface area contributed by atoms with Crippen LogP contribution < -0.4 is 5.14 Å². The maximum atomic E-state index is 11.4. The van der Waals surface area contributed by atoms with Gasteiger partial charge >= 0.3 is 0 Å². The van der Waals surface area contributed by atoms with Crippen molar-refractivity contribution in [2.24, 2.45) is 10.6 Å². The minimum absolute atomic E-state index is 0.139. The molecule has 3 aliphatic rings. The number of sulfonamides is 1. The fourth-order valence-corrected chi connectivity index (χ4v) is 6.95. The van der Waals surface area contributed by atoms with Gasteiger partial charge in [-0.1, -0.05) is 56.1 Å². The Balaban J connectivity index is 1.73. The maximum absolute atomic E-state index is 11.4. The van der Waals surface area contributed by atoms with Crippen LogP contribution in [0.5, 0.6) is 0 Å². The van der Waals surface area contributed by atoms with Gasteiger partial charge in [0.05, 0.1) is 5.75 Å². The molecule has 0 aromatic heterocycles. The molecule has 0 amide bonds. The molecule has 1 saturated carbocycles. The van der Waals surface area contributed by atoms with Gasteiger partial charge < -0.3 is 4.74 Å². The first-order valence-electron chi connectivity index (χ1n) is 9.37. The number of benzene rings is 1. The predicted octanol–water partition coefficient (Wildman–Crippen LogP) is 5.87. The van der Waals surface area contributed by atoms with Gasteiger partial charge in [0.2, 0.25) is 10.0 Å². The molecule has 29 heavy (non-hydrogen) atoms.